The molecule has 4 nitrogen and oxygen atoms in total. The second-order valence-electron chi connectivity index (χ2n) is 4.70. The Labute approximate surface area is 97.7 Å². The zero-order valence-corrected chi connectivity index (χ0v) is 10.6. The topological polar surface area (TPSA) is 63.8 Å². The summed E-state index contributed by atoms with van der Waals surface area (Å²) in [5, 5.41) is 3.22. The lowest BCUT2D eigenvalue weighted by molar-refractivity contribution is 0.508. The first-order valence-electron chi connectivity index (χ1n) is 5.78. The minimum absolute atomic E-state index is 0.170. The van der Waals surface area contributed by atoms with Crippen LogP contribution in [0.25, 0.3) is 0 Å². The molecule has 0 aliphatic heterocycles. The van der Waals surface area contributed by atoms with Gasteiger partial charge in [0, 0.05) is 12.6 Å². The molecule has 0 saturated carbocycles. The monoisotopic (exact) mass is 222 g/mol. The molecular formula is C12H22N4. The summed E-state index contributed by atoms with van der Waals surface area (Å²) in [6.07, 6.45) is 2.77. The van der Waals surface area contributed by atoms with Crippen molar-refractivity contribution in [2.45, 2.75) is 40.2 Å². The van der Waals surface area contributed by atoms with E-state index in [0.29, 0.717) is 5.92 Å². The van der Waals surface area contributed by atoms with Crippen molar-refractivity contribution < 1.29 is 0 Å². The summed E-state index contributed by atoms with van der Waals surface area (Å²) < 4.78 is 0. The van der Waals surface area contributed by atoms with Crippen LogP contribution in [-0.4, -0.2) is 22.6 Å². The smallest absolute Gasteiger partial charge is 0.144 e. The van der Waals surface area contributed by atoms with Crippen molar-refractivity contribution in [1.82, 2.24) is 9.97 Å². The lowest BCUT2D eigenvalue weighted by Gasteiger charge is -2.15. The van der Waals surface area contributed by atoms with Gasteiger partial charge in [-0.15, -0.1) is 0 Å². The van der Waals surface area contributed by atoms with E-state index >= 15 is 0 Å². The van der Waals surface area contributed by atoms with Gasteiger partial charge in [-0.1, -0.05) is 13.8 Å². The Bertz CT molecular complexity index is 336. The molecule has 1 aromatic rings. The first-order valence-corrected chi connectivity index (χ1v) is 5.78. The lowest BCUT2D eigenvalue weighted by Crippen LogP contribution is -2.30. The molecule has 16 heavy (non-hydrogen) atoms. The van der Waals surface area contributed by atoms with Gasteiger partial charge in [0.2, 0.25) is 0 Å². The highest BCUT2D eigenvalue weighted by atomic mass is 15.0. The maximum Gasteiger partial charge on any atom is 0.144 e. The zero-order valence-electron chi connectivity index (χ0n) is 10.6. The molecule has 0 amide bonds. The molecule has 0 aliphatic rings. The zero-order chi connectivity index (χ0) is 12.1. The number of rotatable bonds is 5. The maximum atomic E-state index is 5.98. The normalized spacial score (nSPS) is 12.9. The summed E-state index contributed by atoms with van der Waals surface area (Å²) in [4.78, 5) is 8.65. The summed E-state index contributed by atoms with van der Waals surface area (Å²) >= 11 is 0. The standard InChI is InChI=1S/C12H22N4/c1-8(2)5-11(13)6-15-12-7-14-9(3)10(4)16-12/h7-8,11H,5-6,13H2,1-4H3,(H,15,16). The van der Waals surface area contributed by atoms with E-state index in [1.54, 1.807) is 6.20 Å². The van der Waals surface area contributed by atoms with Gasteiger partial charge >= 0.3 is 0 Å². The van der Waals surface area contributed by atoms with Crippen LogP contribution in [-0.2, 0) is 0 Å². The first-order chi connectivity index (χ1) is 7.49. The number of anilines is 1. The number of nitrogens with two attached hydrogens (primary N) is 1. The Morgan fingerprint density at radius 3 is 2.56 bits per heavy atom. The van der Waals surface area contributed by atoms with Gasteiger partial charge in [-0.05, 0) is 26.2 Å². The van der Waals surface area contributed by atoms with Gasteiger partial charge < -0.3 is 11.1 Å². The summed E-state index contributed by atoms with van der Waals surface area (Å²) in [6.45, 7) is 9.01. The van der Waals surface area contributed by atoms with Gasteiger partial charge in [-0.3, -0.25) is 4.98 Å². The van der Waals surface area contributed by atoms with Crippen molar-refractivity contribution in [2.75, 3.05) is 11.9 Å². The Hall–Kier alpha value is -1.16. The van der Waals surface area contributed by atoms with Gasteiger partial charge in [0.05, 0.1) is 17.6 Å². The molecule has 0 aromatic carbocycles. The minimum Gasteiger partial charge on any atom is -0.367 e. The predicted octanol–water partition coefficient (Wildman–Crippen LogP) is 1.88. The minimum atomic E-state index is 0.170. The molecule has 90 valence electrons. The SMILES string of the molecule is Cc1ncc(NCC(N)CC(C)C)nc1C. The van der Waals surface area contributed by atoms with Crippen LogP contribution in [0, 0.1) is 19.8 Å². The molecule has 0 bridgehead atoms. The molecule has 1 heterocycles. The van der Waals surface area contributed by atoms with Gasteiger partial charge in [0.25, 0.3) is 0 Å². The number of nitrogens with one attached hydrogen (secondary N) is 1. The molecule has 1 atom stereocenters. The number of hydrogen-bond acceptors (Lipinski definition) is 4. The van der Waals surface area contributed by atoms with E-state index < -0.39 is 0 Å². The van der Waals surface area contributed by atoms with Crippen LogP contribution in [0.4, 0.5) is 5.82 Å². The van der Waals surface area contributed by atoms with Gasteiger partial charge in [-0.2, -0.15) is 0 Å². The third-order valence-electron chi connectivity index (χ3n) is 2.51. The van der Waals surface area contributed by atoms with Crippen molar-refractivity contribution in [1.29, 1.82) is 0 Å². The highest BCUT2D eigenvalue weighted by molar-refractivity contribution is 5.33. The fourth-order valence-electron chi connectivity index (χ4n) is 1.55. The van der Waals surface area contributed by atoms with Crippen molar-refractivity contribution in [3.63, 3.8) is 0 Å². The second-order valence-corrected chi connectivity index (χ2v) is 4.70. The molecule has 0 saturated heterocycles. The van der Waals surface area contributed by atoms with E-state index in [1.807, 2.05) is 13.8 Å². The average molecular weight is 222 g/mol. The third kappa shape index (κ3) is 4.14. The van der Waals surface area contributed by atoms with Crippen LogP contribution < -0.4 is 11.1 Å². The van der Waals surface area contributed by atoms with Crippen molar-refractivity contribution in [3.05, 3.63) is 17.6 Å². The highest BCUT2D eigenvalue weighted by Crippen LogP contribution is 2.07. The summed E-state index contributed by atoms with van der Waals surface area (Å²) in [5.41, 5.74) is 7.91. The van der Waals surface area contributed by atoms with Crippen LogP contribution in [0.2, 0.25) is 0 Å². The molecule has 0 spiro atoms. The molecular weight excluding hydrogens is 200 g/mol. The van der Waals surface area contributed by atoms with Gasteiger partial charge in [0.15, 0.2) is 0 Å². The molecule has 0 fully saturated rings. The number of nitrogens with zero attached hydrogens (tertiary/aromatic N) is 2. The van der Waals surface area contributed by atoms with Crippen LogP contribution in [0.5, 0.6) is 0 Å². The highest BCUT2D eigenvalue weighted by Gasteiger charge is 2.06. The third-order valence-corrected chi connectivity index (χ3v) is 2.51. The van der Waals surface area contributed by atoms with Crippen molar-refractivity contribution >= 4 is 5.82 Å². The predicted molar refractivity (Wildman–Crippen MR) is 67.4 cm³/mol. The van der Waals surface area contributed by atoms with E-state index in [-0.39, 0.29) is 6.04 Å². The number of aryl methyl sites for hydroxylation is 2. The average Bonchev–Trinajstić information content (AvgIpc) is 2.19. The van der Waals surface area contributed by atoms with Crippen molar-refractivity contribution in [3.8, 4) is 0 Å². The molecule has 1 unspecified atom stereocenters. The summed E-state index contributed by atoms with van der Waals surface area (Å²) in [7, 11) is 0. The Morgan fingerprint density at radius 1 is 1.31 bits per heavy atom. The maximum absolute atomic E-state index is 5.98. The van der Waals surface area contributed by atoms with Crippen molar-refractivity contribution in [2.24, 2.45) is 11.7 Å². The van der Waals surface area contributed by atoms with E-state index in [9.17, 15) is 0 Å². The summed E-state index contributed by atoms with van der Waals surface area (Å²) in [6, 6.07) is 0.170. The second kappa shape index (κ2) is 5.80. The largest absolute Gasteiger partial charge is 0.367 e. The lowest BCUT2D eigenvalue weighted by atomic mass is 10.0. The fourth-order valence-corrected chi connectivity index (χ4v) is 1.55. The van der Waals surface area contributed by atoms with Crippen LogP contribution in [0.1, 0.15) is 31.7 Å². The molecule has 4 heteroatoms. The fraction of sp³-hybridized carbons (Fsp3) is 0.667. The first kappa shape index (κ1) is 12.9. The quantitative estimate of drug-likeness (QED) is 0.798. The van der Waals surface area contributed by atoms with Crippen LogP contribution in [0.3, 0.4) is 0 Å². The molecule has 0 radical (unpaired) electrons. The van der Waals surface area contributed by atoms with E-state index in [0.717, 1.165) is 30.2 Å². The van der Waals surface area contributed by atoms with E-state index in [4.69, 9.17) is 5.73 Å². The Balaban J connectivity index is 2.45. The Morgan fingerprint density at radius 2 is 2.00 bits per heavy atom. The summed E-state index contributed by atoms with van der Waals surface area (Å²) in [5.74, 6) is 1.44. The number of hydrogen-bond donors (Lipinski definition) is 2. The van der Waals surface area contributed by atoms with Crippen LogP contribution >= 0.6 is 0 Å². The van der Waals surface area contributed by atoms with E-state index in [1.165, 1.54) is 0 Å². The van der Waals surface area contributed by atoms with E-state index in [2.05, 4.69) is 29.1 Å². The molecule has 1 rings (SSSR count). The van der Waals surface area contributed by atoms with Gasteiger partial charge in [-0.25, -0.2) is 4.98 Å². The Kier molecular flexibility index (Phi) is 4.68. The molecule has 1 aromatic heterocycles. The number of aromatic nitrogens is 2. The molecule has 3 N–H and O–H groups in total. The molecule has 0 aliphatic carbocycles. The van der Waals surface area contributed by atoms with Crippen LogP contribution in [0.15, 0.2) is 6.20 Å². The van der Waals surface area contributed by atoms with Gasteiger partial charge in [0.1, 0.15) is 5.82 Å².